The first-order valence-electron chi connectivity index (χ1n) is 8.48. The Balaban J connectivity index is 1.73. The molecule has 0 aliphatic carbocycles. The molecule has 1 aromatic carbocycles. The number of fused-ring (bicyclic) bond motifs is 1. The van der Waals surface area contributed by atoms with E-state index in [4.69, 9.17) is 14.5 Å². The summed E-state index contributed by atoms with van der Waals surface area (Å²) < 4.78 is 12.7. The molecule has 1 aromatic heterocycles. The minimum absolute atomic E-state index is 0.183. The van der Waals surface area contributed by atoms with Crippen LogP contribution in [-0.4, -0.2) is 53.3 Å². The maximum atomic E-state index is 11.5. The van der Waals surface area contributed by atoms with E-state index in [1.54, 1.807) is 0 Å². The van der Waals surface area contributed by atoms with Gasteiger partial charge in [0.05, 0.1) is 37.2 Å². The van der Waals surface area contributed by atoms with Crippen LogP contribution in [0.15, 0.2) is 24.3 Å². The van der Waals surface area contributed by atoms with Gasteiger partial charge >= 0.3 is 5.97 Å². The van der Waals surface area contributed by atoms with Crippen LogP contribution in [0.4, 0.5) is 0 Å². The average Bonchev–Trinajstić information content (AvgIpc) is 3.21. The summed E-state index contributed by atoms with van der Waals surface area (Å²) >= 11 is 0. The van der Waals surface area contributed by atoms with Crippen molar-refractivity contribution in [2.75, 3.05) is 26.8 Å². The molecule has 0 saturated carbocycles. The predicted molar refractivity (Wildman–Crippen MR) is 91.6 cm³/mol. The number of aryl methyl sites for hydroxylation is 1. The molecule has 1 unspecified atom stereocenters. The maximum Gasteiger partial charge on any atom is 0.306 e. The van der Waals surface area contributed by atoms with Crippen molar-refractivity contribution in [1.82, 2.24) is 14.5 Å². The SMILES string of the molecule is COC(=O)CCN(Cc1nc2ccccc2n1C)CC1CCCO1. The van der Waals surface area contributed by atoms with Crippen LogP contribution < -0.4 is 0 Å². The largest absolute Gasteiger partial charge is 0.469 e. The molecule has 1 aliphatic rings. The zero-order valence-electron chi connectivity index (χ0n) is 14.4. The Morgan fingerprint density at radius 3 is 3.00 bits per heavy atom. The number of ether oxygens (including phenoxy) is 2. The van der Waals surface area contributed by atoms with Crippen molar-refractivity contribution in [2.24, 2.45) is 7.05 Å². The number of imidazole rings is 1. The van der Waals surface area contributed by atoms with Crippen molar-refractivity contribution < 1.29 is 14.3 Å². The van der Waals surface area contributed by atoms with E-state index >= 15 is 0 Å². The summed E-state index contributed by atoms with van der Waals surface area (Å²) in [6, 6.07) is 8.12. The molecule has 1 atom stereocenters. The van der Waals surface area contributed by atoms with Gasteiger partial charge in [-0.3, -0.25) is 9.69 Å². The summed E-state index contributed by atoms with van der Waals surface area (Å²) in [5.74, 6) is 0.816. The number of esters is 1. The van der Waals surface area contributed by atoms with Crippen LogP contribution in [-0.2, 0) is 27.9 Å². The van der Waals surface area contributed by atoms with Crippen molar-refractivity contribution in [2.45, 2.75) is 31.9 Å². The number of hydrogen-bond acceptors (Lipinski definition) is 5. The summed E-state index contributed by atoms with van der Waals surface area (Å²) in [5.41, 5.74) is 2.12. The van der Waals surface area contributed by atoms with E-state index in [1.165, 1.54) is 7.11 Å². The molecular formula is C18H25N3O3. The average molecular weight is 331 g/mol. The molecule has 6 heteroatoms. The minimum atomic E-state index is -0.183. The highest BCUT2D eigenvalue weighted by Gasteiger charge is 2.21. The summed E-state index contributed by atoms with van der Waals surface area (Å²) in [6.07, 6.45) is 2.82. The Morgan fingerprint density at radius 2 is 2.29 bits per heavy atom. The van der Waals surface area contributed by atoms with Gasteiger partial charge in [-0.05, 0) is 25.0 Å². The van der Waals surface area contributed by atoms with E-state index in [0.29, 0.717) is 19.5 Å². The molecule has 130 valence electrons. The number of carbonyl (C=O) groups is 1. The van der Waals surface area contributed by atoms with Crippen LogP contribution in [0, 0.1) is 0 Å². The lowest BCUT2D eigenvalue weighted by Crippen LogP contribution is -2.34. The quantitative estimate of drug-likeness (QED) is 0.728. The zero-order valence-corrected chi connectivity index (χ0v) is 14.4. The predicted octanol–water partition coefficient (Wildman–Crippen LogP) is 2.12. The summed E-state index contributed by atoms with van der Waals surface area (Å²) in [4.78, 5) is 18.5. The fraction of sp³-hybridized carbons (Fsp3) is 0.556. The first kappa shape index (κ1) is 16.9. The molecule has 0 N–H and O–H groups in total. The van der Waals surface area contributed by atoms with Crippen LogP contribution >= 0.6 is 0 Å². The summed E-state index contributed by atoms with van der Waals surface area (Å²) in [6.45, 7) is 3.00. The van der Waals surface area contributed by atoms with Gasteiger partial charge in [0.2, 0.25) is 0 Å². The van der Waals surface area contributed by atoms with E-state index in [-0.39, 0.29) is 12.1 Å². The molecular weight excluding hydrogens is 306 g/mol. The maximum absolute atomic E-state index is 11.5. The number of para-hydroxylation sites is 2. The first-order valence-corrected chi connectivity index (χ1v) is 8.48. The third-order valence-electron chi connectivity index (χ3n) is 4.59. The highest BCUT2D eigenvalue weighted by molar-refractivity contribution is 5.75. The van der Waals surface area contributed by atoms with Gasteiger partial charge in [-0.1, -0.05) is 12.1 Å². The van der Waals surface area contributed by atoms with E-state index < -0.39 is 0 Å². The van der Waals surface area contributed by atoms with E-state index in [2.05, 4.69) is 15.5 Å². The highest BCUT2D eigenvalue weighted by Crippen LogP contribution is 2.18. The molecule has 0 amide bonds. The van der Waals surface area contributed by atoms with E-state index in [1.807, 2.05) is 25.2 Å². The number of benzene rings is 1. The molecule has 1 saturated heterocycles. The lowest BCUT2D eigenvalue weighted by Gasteiger charge is -2.24. The Labute approximate surface area is 142 Å². The molecule has 1 aliphatic heterocycles. The Bertz CT molecular complexity index is 692. The lowest BCUT2D eigenvalue weighted by molar-refractivity contribution is -0.141. The van der Waals surface area contributed by atoms with Crippen molar-refractivity contribution in [1.29, 1.82) is 0 Å². The summed E-state index contributed by atoms with van der Waals surface area (Å²) in [5, 5.41) is 0. The van der Waals surface area contributed by atoms with Gasteiger partial charge < -0.3 is 14.0 Å². The van der Waals surface area contributed by atoms with Crippen LogP contribution in [0.25, 0.3) is 11.0 Å². The topological polar surface area (TPSA) is 56.6 Å². The molecule has 2 aromatic rings. The van der Waals surface area contributed by atoms with E-state index in [9.17, 15) is 4.79 Å². The van der Waals surface area contributed by atoms with Gasteiger partial charge in [0.15, 0.2) is 0 Å². The number of nitrogens with zero attached hydrogens (tertiary/aromatic N) is 3. The number of hydrogen-bond donors (Lipinski definition) is 0. The van der Waals surface area contributed by atoms with Gasteiger partial charge in [0, 0.05) is 26.7 Å². The van der Waals surface area contributed by atoms with Crippen LogP contribution in [0.3, 0.4) is 0 Å². The summed E-state index contributed by atoms with van der Waals surface area (Å²) in [7, 11) is 3.47. The molecule has 6 nitrogen and oxygen atoms in total. The third kappa shape index (κ3) is 3.94. The second kappa shape index (κ2) is 7.77. The standard InChI is InChI=1S/C18H25N3O3/c1-20-16-8-4-3-7-15(16)19-17(20)13-21(10-9-18(22)23-2)12-14-6-5-11-24-14/h3-4,7-8,14H,5-6,9-13H2,1-2H3. The highest BCUT2D eigenvalue weighted by atomic mass is 16.5. The first-order chi connectivity index (χ1) is 11.7. The molecule has 0 radical (unpaired) electrons. The Morgan fingerprint density at radius 1 is 1.46 bits per heavy atom. The van der Waals surface area contributed by atoms with Gasteiger partial charge in [-0.25, -0.2) is 4.98 Å². The van der Waals surface area contributed by atoms with Gasteiger partial charge in [0.1, 0.15) is 5.82 Å². The molecule has 0 spiro atoms. The number of carbonyl (C=O) groups excluding carboxylic acids is 1. The minimum Gasteiger partial charge on any atom is -0.469 e. The van der Waals surface area contributed by atoms with Gasteiger partial charge in [0.25, 0.3) is 0 Å². The second-order valence-electron chi connectivity index (χ2n) is 6.27. The molecule has 1 fully saturated rings. The van der Waals surface area contributed by atoms with Crippen molar-refractivity contribution >= 4 is 17.0 Å². The molecule has 2 heterocycles. The second-order valence-corrected chi connectivity index (χ2v) is 6.27. The molecule has 0 bridgehead atoms. The van der Waals surface area contributed by atoms with Crippen LogP contribution in [0.2, 0.25) is 0 Å². The monoisotopic (exact) mass is 331 g/mol. The molecule has 3 rings (SSSR count). The van der Waals surface area contributed by atoms with Crippen LogP contribution in [0.1, 0.15) is 25.1 Å². The van der Waals surface area contributed by atoms with E-state index in [0.717, 1.165) is 42.9 Å². The fourth-order valence-electron chi connectivity index (χ4n) is 3.20. The Kier molecular flexibility index (Phi) is 5.48. The van der Waals surface area contributed by atoms with Crippen molar-refractivity contribution in [3.63, 3.8) is 0 Å². The Hall–Kier alpha value is -1.92. The molecule has 24 heavy (non-hydrogen) atoms. The van der Waals surface area contributed by atoms with Crippen LogP contribution in [0.5, 0.6) is 0 Å². The van der Waals surface area contributed by atoms with Gasteiger partial charge in [-0.2, -0.15) is 0 Å². The number of aromatic nitrogens is 2. The smallest absolute Gasteiger partial charge is 0.306 e. The number of methoxy groups -OCH3 is 1. The number of rotatable bonds is 7. The van der Waals surface area contributed by atoms with Crippen molar-refractivity contribution in [3.05, 3.63) is 30.1 Å². The lowest BCUT2D eigenvalue weighted by atomic mass is 10.2. The fourth-order valence-corrected chi connectivity index (χ4v) is 3.20. The third-order valence-corrected chi connectivity index (χ3v) is 4.59. The van der Waals surface area contributed by atoms with Gasteiger partial charge in [-0.15, -0.1) is 0 Å². The normalized spacial score (nSPS) is 17.7. The van der Waals surface area contributed by atoms with Crippen molar-refractivity contribution in [3.8, 4) is 0 Å². The zero-order chi connectivity index (χ0) is 16.9.